The van der Waals surface area contributed by atoms with Gasteiger partial charge in [-0.2, -0.15) is 0 Å². The molecule has 2 N–H and O–H groups in total. The zero-order chi connectivity index (χ0) is 33.5. The molecule has 242 valence electrons. The average Bonchev–Trinajstić information content (AvgIpc) is 3.85. The Bertz CT molecular complexity index is 2940. The molecule has 51 heavy (non-hydrogen) atoms. The summed E-state index contributed by atoms with van der Waals surface area (Å²) in [7, 11) is 0. The SMILES string of the molecule is c1ccc(C2=NC(c3ccc4oc5cc6c(cc5c4c3)oc3cc(-n4c5ccccc5c5ccccc54)ccc36)NC(c3ccccc3)N2)cc1. The van der Waals surface area contributed by atoms with Gasteiger partial charge in [-0.15, -0.1) is 0 Å². The lowest BCUT2D eigenvalue weighted by atomic mass is 10.0. The van der Waals surface area contributed by atoms with E-state index in [0.717, 1.165) is 72.1 Å². The van der Waals surface area contributed by atoms with E-state index in [1.165, 1.54) is 21.8 Å². The normalized spacial score (nSPS) is 16.4. The van der Waals surface area contributed by atoms with Gasteiger partial charge in [0.2, 0.25) is 0 Å². The monoisotopic (exact) mass is 658 g/mol. The predicted molar refractivity (Wildman–Crippen MR) is 207 cm³/mol. The van der Waals surface area contributed by atoms with E-state index < -0.39 is 0 Å². The molecule has 3 aromatic heterocycles. The first kappa shape index (κ1) is 28.2. The molecule has 0 saturated heterocycles. The van der Waals surface area contributed by atoms with Gasteiger partial charge in [0.05, 0.1) is 11.0 Å². The van der Waals surface area contributed by atoms with Crippen molar-refractivity contribution in [2.75, 3.05) is 0 Å². The molecule has 0 amide bonds. The van der Waals surface area contributed by atoms with Crippen LogP contribution in [0.25, 0.3) is 71.4 Å². The van der Waals surface area contributed by atoms with Crippen molar-refractivity contribution in [1.29, 1.82) is 0 Å². The quantitative estimate of drug-likeness (QED) is 0.197. The van der Waals surface area contributed by atoms with Crippen LogP contribution in [-0.2, 0) is 0 Å². The predicted octanol–water partition coefficient (Wildman–Crippen LogP) is 10.9. The molecular weight excluding hydrogens is 629 g/mol. The summed E-state index contributed by atoms with van der Waals surface area (Å²) in [5.74, 6) is 0.856. The molecule has 0 saturated carbocycles. The Labute approximate surface area is 292 Å². The Morgan fingerprint density at radius 1 is 0.471 bits per heavy atom. The topological polar surface area (TPSA) is 67.6 Å². The minimum Gasteiger partial charge on any atom is -0.456 e. The number of para-hydroxylation sites is 2. The van der Waals surface area contributed by atoms with Gasteiger partial charge in [0, 0.05) is 49.6 Å². The van der Waals surface area contributed by atoms with Gasteiger partial charge in [-0.05, 0) is 59.7 Å². The van der Waals surface area contributed by atoms with Gasteiger partial charge in [-0.3, -0.25) is 5.32 Å². The highest BCUT2D eigenvalue weighted by molar-refractivity contribution is 6.15. The van der Waals surface area contributed by atoms with Crippen molar-refractivity contribution in [3.05, 3.63) is 174 Å². The van der Waals surface area contributed by atoms with Crippen LogP contribution in [0.3, 0.4) is 0 Å². The largest absolute Gasteiger partial charge is 0.456 e. The van der Waals surface area contributed by atoms with Crippen LogP contribution in [0.4, 0.5) is 0 Å². The van der Waals surface area contributed by atoms with E-state index in [2.05, 4.69) is 149 Å². The Hall–Kier alpha value is -6.63. The van der Waals surface area contributed by atoms with E-state index in [1.807, 2.05) is 24.3 Å². The second-order valence-electron chi connectivity index (χ2n) is 13.3. The fraction of sp³-hybridized carbons (Fsp3) is 0.0444. The third-order valence-corrected chi connectivity index (χ3v) is 10.3. The summed E-state index contributed by atoms with van der Waals surface area (Å²) in [5.41, 5.74) is 10.0. The number of aromatic nitrogens is 1. The van der Waals surface area contributed by atoms with Crippen LogP contribution in [0.15, 0.2) is 172 Å². The first-order chi connectivity index (χ1) is 25.2. The highest BCUT2D eigenvalue weighted by Gasteiger charge is 2.26. The molecule has 6 heteroatoms. The number of aliphatic imine (C=N–C) groups is 1. The van der Waals surface area contributed by atoms with E-state index in [1.54, 1.807) is 0 Å². The lowest BCUT2D eigenvalue weighted by molar-refractivity contribution is 0.409. The summed E-state index contributed by atoms with van der Waals surface area (Å²) in [6.07, 6.45) is -0.376. The Morgan fingerprint density at radius 2 is 1.08 bits per heavy atom. The molecule has 11 rings (SSSR count). The molecule has 4 heterocycles. The number of nitrogens with zero attached hydrogens (tertiary/aromatic N) is 2. The van der Waals surface area contributed by atoms with E-state index in [0.29, 0.717) is 0 Å². The molecule has 7 aromatic carbocycles. The molecule has 1 aliphatic rings. The minimum absolute atomic E-state index is 0.108. The van der Waals surface area contributed by atoms with Crippen LogP contribution in [0.5, 0.6) is 0 Å². The molecule has 0 bridgehead atoms. The highest BCUT2D eigenvalue weighted by atomic mass is 16.3. The molecule has 10 aromatic rings. The number of hydrogen-bond acceptors (Lipinski definition) is 5. The van der Waals surface area contributed by atoms with Crippen molar-refractivity contribution in [2.45, 2.75) is 12.3 Å². The molecule has 0 spiro atoms. The number of fused-ring (bicyclic) bond motifs is 9. The van der Waals surface area contributed by atoms with Crippen molar-refractivity contribution in [2.24, 2.45) is 4.99 Å². The van der Waals surface area contributed by atoms with Gasteiger partial charge in [-0.25, -0.2) is 4.99 Å². The van der Waals surface area contributed by atoms with Crippen molar-refractivity contribution < 1.29 is 8.83 Å². The number of rotatable bonds is 4. The number of amidine groups is 1. The van der Waals surface area contributed by atoms with E-state index in [9.17, 15) is 0 Å². The smallest absolute Gasteiger partial charge is 0.137 e. The summed E-state index contributed by atoms with van der Waals surface area (Å²) >= 11 is 0. The molecule has 0 fully saturated rings. The molecule has 0 aliphatic carbocycles. The molecule has 2 atom stereocenters. The number of benzene rings is 7. The molecule has 6 nitrogen and oxygen atoms in total. The first-order valence-corrected chi connectivity index (χ1v) is 17.3. The van der Waals surface area contributed by atoms with Crippen molar-refractivity contribution >= 4 is 71.5 Å². The van der Waals surface area contributed by atoms with E-state index >= 15 is 0 Å². The van der Waals surface area contributed by atoms with Crippen molar-refractivity contribution in [1.82, 2.24) is 15.2 Å². The van der Waals surface area contributed by atoms with Crippen molar-refractivity contribution in [3.8, 4) is 5.69 Å². The van der Waals surface area contributed by atoms with Gasteiger partial charge in [-0.1, -0.05) is 103 Å². The molecular formula is C45H30N4O2. The van der Waals surface area contributed by atoms with Crippen molar-refractivity contribution in [3.63, 3.8) is 0 Å². The minimum atomic E-state index is -0.268. The Kier molecular flexibility index (Phi) is 6.05. The summed E-state index contributed by atoms with van der Waals surface area (Å²) in [6.45, 7) is 0. The van der Waals surface area contributed by atoms with Gasteiger partial charge in [0.15, 0.2) is 0 Å². The van der Waals surface area contributed by atoms with Gasteiger partial charge in [0.25, 0.3) is 0 Å². The number of hydrogen-bond donors (Lipinski definition) is 2. The average molecular weight is 659 g/mol. The maximum Gasteiger partial charge on any atom is 0.137 e. The van der Waals surface area contributed by atoms with Crippen LogP contribution in [0.2, 0.25) is 0 Å². The summed E-state index contributed by atoms with van der Waals surface area (Å²) in [5, 5.41) is 14.0. The molecule has 1 aliphatic heterocycles. The third kappa shape index (κ3) is 4.43. The second-order valence-corrected chi connectivity index (χ2v) is 13.3. The standard InChI is InChI=1S/C45H30N4O2/c1-3-11-27(12-4-1)43-46-44(28-13-5-2-6-14-28)48-45(47-43)29-19-22-39-34(23-29)36-26-41-35(25-42(36)50-39)33-21-20-30(24-40(33)51-41)49-37-17-9-7-15-31(37)32-16-8-10-18-38(32)49/h1-26,43,45,47H,(H,46,48). The van der Waals surface area contributed by atoms with Gasteiger partial charge in [0.1, 0.15) is 40.5 Å². The second kappa shape index (κ2) is 10.9. The van der Waals surface area contributed by atoms with Crippen LogP contribution < -0.4 is 10.6 Å². The maximum atomic E-state index is 6.62. The van der Waals surface area contributed by atoms with Crippen LogP contribution >= 0.6 is 0 Å². The van der Waals surface area contributed by atoms with Gasteiger partial charge >= 0.3 is 0 Å². The number of nitrogens with one attached hydrogen (secondary N) is 2. The molecule has 2 unspecified atom stereocenters. The summed E-state index contributed by atoms with van der Waals surface area (Å²) in [4.78, 5) is 5.16. The fourth-order valence-electron chi connectivity index (χ4n) is 7.85. The molecule has 0 radical (unpaired) electrons. The van der Waals surface area contributed by atoms with Crippen LogP contribution in [0, 0.1) is 0 Å². The lowest BCUT2D eigenvalue weighted by Gasteiger charge is -2.32. The first-order valence-electron chi connectivity index (χ1n) is 17.3. The highest BCUT2D eigenvalue weighted by Crippen LogP contribution is 2.39. The van der Waals surface area contributed by atoms with Crippen LogP contribution in [0.1, 0.15) is 29.0 Å². The zero-order valence-corrected chi connectivity index (χ0v) is 27.4. The maximum absolute atomic E-state index is 6.62. The Balaban J connectivity index is 1.03. The Morgan fingerprint density at radius 3 is 1.82 bits per heavy atom. The third-order valence-electron chi connectivity index (χ3n) is 10.3. The summed E-state index contributed by atoms with van der Waals surface area (Å²) in [6, 6.07) is 55.0. The summed E-state index contributed by atoms with van der Waals surface area (Å²) < 4.78 is 15.4. The lowest BCUT2D eigenvalue weighted by Crippen LogP contribution is -2.44. The van der Waals surface area contributed by atoms with Gasteiger partial charge < -0.3 is 18.7 Å². The fourth-order valence-corrected chi connectivity index (χ4v) is 7.85. The number of furan rings is 2. The van der Waals surface area contributed by atoms with Crippen LogP contribution in [-0.4, -0.2) is 10.4 Å². The zero-order valence-electron chi connectivity index (χ0n) is 27.4. The van der Waals surface area contributed by atoms with E-state index in [-0.39, 0.29) is 12.3 Å². The van der Waals surface area contributed by atoms with E-state index in [4.69, 9.17) is 13.8 Å².